The van der Waals surface area contributed by atoms with E-state index in [1.54, 1.807) is 18.4 Å². The van der Waals surface area contributed by atoms with Crippen LogP contribution >= 0.6 is 11.3 Å². The van der Waals surface area contributed by atoms with Gasteiger partial charge in [-0.05, 0) is 30.7 Å². The van der Waals surface area contributed by atoms with Crippen LogP contribution < -0.4 is 20.7 Å². The molecule has 19 heavy (non-hydrogen) atoms. The van der Waals surface area contributed by atoms with Crippen LogP contribution in [0.3, 0.4) is 0 Å². The summed E-state index contributed by atoms with van der Waals surface area (Å²) < 4.78 is 10.6. The van der Waals surface area contributed by atoms with E-state index >= 15 is 0 Å². The van der Waals surface area contributed by atoms with E-state index in [1.165, 1.54) is 0 Å². The predicted molar refractivity (Wildman–Crippen MR) is 77.6 cm³/mol. The van der Waals surface area contributed by atoms with Crippen LogP contribution in [0.15, 0.2) is 35.7 Å². The van der Waals surface area contributed by atoms with E-state index in [-0.39, 0.29) is 6.04 Å². The molecule has 2 aromatic rings. The summed E-state index contributed by atoms with van der Waals surface area (Å²) in [6.07, 6.45) is 0. The first-order valence-electron chi connectivity index (χ1n) is 6.09. The maximum atomic E-state index is 5.67. The smallest absolute Gasteiger partial charge is 0.129 e. The summed E-state index contributed by atoms with van der Waals surface area (Å²) in [4.78, 5) is 1.11. The van der Waals surface area contributed by atoms with E-state index in [1.807, 2.05) is 42.6 Å². The molecule has 0 spiro atoms. The summed E-state index contributed by atoms with van der Waals surface area (Å²) in [6.45, 7) is 2.64. The van der Waals surface area contributed by atoms with Crippen LogP contribution in [0.2, 0.25) is 0 Å². The highest BCUT2D eigenvalue weighted by Gasteiger charge is 2.15. The summed E-state index contributed by atoms with van der Waals surface area (Å²) in [7, 11) is 1.66. The fraction of sp³-hybridized carbons (Fsp3) is 0.286. The Morgan fingerprint density at radius 1 is 1.26 bits per heavy atom. The molecule has 2 rings (SSSR count). The van der Waals surface area contributed by atoms with E-state index in [4.69, 9.17) is 15.3 Å². The number of hydrazine groups is 1. The molecule has 1 atom stereocenters. The highest BCUT2D eigenvalue weighted by atomic mass is 32.1. The quantitative estimate of drug-likeness (QED) is 0.630. The van der Waals surface area contributed by atoms with Crippen molar-refractivity contribution in [1.82, 2.24) is 5.43 Å². The van der Waals surface area contributed by atoms with Gasteiger partial charge in [0.15, 0.2) is 0 Å². The average Bonchev–Trinajstić information content (AvgIpc) is 2.91. The van der Waals surface area contributed by atoms with Crippen LogP contribution in [0.25, 0.3) is 0 Å². The zero-order valence-electron chi connectivity index (χ0n) is 11.1. The molecule has 0 saturated carbocycles. The molecule has 5 heteroatoms. The third-order valence-corrected chi connectivity index (χ3v) is 3.78. The maximum absolute atomic E-state index is 5.67. The largest absolute Gasteiger partial charge is 0.496 e. The second-order valence-electron chi connectivity index (χ2n) is 3.99. The number of nitrogens with one attached hydrogen (secondary N) is 1. The monoisotopic (exact) mass is 278 g/mol. The standard InChI is InChI=1S/C14H18N2O2S/c1-3-18-11-6-4-10(5-7-11)14(16-15)13-8-12(17-2)9-19-13/h4-9,14,16H,3,15H2,1-2H3. The Labute approximate surface area is 117 Å². The van der Waals surface area contributed by atoms with Gasteiger partial charge in [-0.3, -0.25) is 5.84 Å². The Morgan fingerprint density at radius 2 is 2.00 bits per heavy atom. The number of thiophene rings is 1. The van der Waals surface area contributed by atoms with Crippen LogP contribution in [0.5, 0.6) is 11.5 Å². The molecule has 0 aliphatic carbocycles. The lowest BCUT2D eigenvalue weighted by Crippen LogP contribution is -2.28. The topological polar surface area (TPSA) is 56.5 Å². The van der Waals surface area contributed by atoms with E-state index in [2.05, 4.69) is 5.43 Å². The minimum absolute atomic E-state index is 0.0374. The Balaban J connectivity index is 2.21. The van der Waals surface area contributed by atoms with Gasteiger partial charge in [-0.25, -0.2) is 5.43 Å². The molecule has 1 aromatic carbocycles. The Kier molecular flexibility index (Phi) is 4.79. The zero-order chi connectivity index (χ0) is 13.7. The number of hydrogen-bond donors (Lipinski definition) is 2. The lowest BCUT2D eigenvalue weighted by molar-refractivity contribution is 0.340. The number of methoxy groups -OCH3 is 1. The van der Waals surface area contributed by atoms with Crippen LogP contribution in [0, 0.1) is 0 Å². The lowest BCUT2D eigenvalue weighted by atomic mass is 10.1. The molecule has 0 aliphatic heterocycles. The maximum Gasteiger partial charge on any atom is 0.129 e. The molecule has 0 radical (unpaired) electrons. The van der Waals surface area contributed by atoms with Gasteiger partial charge in [0.2, 0.25) is 0 Å². The van der Waals surface area contributed by atoms with E-state index in [9.17, 15) is 0 Å². The Morgan fingerprint density at radius 3 is 2.53 bits per heavy atom. The van der Waals surface area contributed by atoms with E-state index in [0.717, 1.165) is 21.9 Å². The molecule has 1 heterocycles. The summed E-state index contributed by atoms with van der Waals surface area (Å²) >= 11 is 1.62. The summed E-state index contributed by atoms with van der Waals surface area (Å²) in [5, 5.41) is 1.97. The number of benzene rings is 1. The first kappa shape index (κ1) is 13.9. The van der Waals surface area contributed by atoms with Gasteiger partial charge in [-0.15, -0.1) is 11.3 Å². The minimum atomic E-state index is -0.0374. The highest BCUT2D eigenvalue weighted by Crippen LogP contribution is 2.31. The number of rotatable bonds is 6. The molecule has 1 aromatic heterocycles. The fourth-order valence-electron chi connectivity index (χ4n) is 1.86. The molecule has 4 nitrogen and oxygen atoms in total. The lowest BCUT2D eigenvalue weighted by Gasteiger charge is -2.15. The molecule has 3 N–H and O–H groups in total. The molecule has 102 valence electrons. The van der Waals surface area contributed by atoms with Crippen molar-refractivity contribution < 1.29 is 9.47 Å². The molecule has 0 aliphatic rings. The summed E-state index contributed by atoms with van der Waals surface area (Å²) in [5.74, 6) is 7.39. The molecular formula is C14H18N2O2S. The Bertz CT molecular complexity index is 510. The molecule has 0 fully saturated rings. The molecular weight excluding hydrogens is 260 g/mol. The average molecular weight is 278 g/mol. The Hall–Kier alpha value is -1.56. The fourth-order valence-corrected chi connectivity index (χ4v) is 2.80. The van der Waals surface area contributed by atoms with Crippen LogP contribution in [0.1, 0.15) is 23.4 Å². The highest BCUT2D eigenvalue weighted by molar-refractivity contribution is 7.10. The SMILES string of the molecule is CCOc1ccc(C(NN)c2cc(OC)cs2)cc1. The van der Waals surface area contributed by atoms with Crippen LogP contribution in [-0.2, 0) is 0 Å². The predicted octanol–water partition coefficient (Wildman–Crippen LogP) is 2.71. The molecule has 0 bridgehead atoms. The summed E-state index contributed by atoms with van der Waals surface area (Å²) in [5.41, 5.74) is 3.93. The molecule has 0 saturated heterocycles. The van der Waals surface area contributed by atoms with Gasteiger partial charge in [-0.1, -0.05) is 12.1 Å². The minimum Gasteiger partial charge on any atom is -0.496 e. The van der Waals surface area contributed by atoms with Crippen molar-refractivity contribution in [1.29, 1.82) is 0 Å². The first-order chi connectivity index (χ1) is 9.28. The van der Waals surface area contributed by atoms with Crippen molar-refractivity contribution in [3.05, 3.63) is 46.2 Å². The third kappa shape index (κ3) is 3.26. The van der Waals surface area contributed by atoms with Crippen molar-refractivity contribution in [3.8, 4) is 11.5 Å². The van der Waals surface area contributed by atoms with Gasteiger partial charge < -0.3 is 9.47 Å². The number of nitrogens with two attached hydrogens (primary N) is 1. The van der Waals surface area contributed by atoms with Crippen molar-refractivity contribution in [2.45, 2.75) is 13.0 Å². The zero-order valence-corrected chi connectivity index (χ0v) is 11.9. The third-order valence-electron chi connectivity index (χ3n) is 2.81. The van der Waals surface area contributed by atoms with Gasteiger partial charge in [-0.2, -0.15) is 0 Å². The van der Waals surface area contributed by atoms with E-state index in [0.29, 0.717) is 6.61 Å². The van der Waals surface area contributed by atoms with Gasteiger partial charge in [0.05, 0.1) is 19.8 Å². The number of hydrogen-bond acceptors (Lipinski definition) is 5. The van der Waals surface area contributed by atoms with Gasteiger partial charge in [0.25, 0.3) is 0 Å². The van der Waals surface area contributed by atoms with Gasteiger partial charge in [0, 0.05) is 10.3 Å². The second kappa shape index (κ2) is 6.56. The first-order valence-corrected chi connectivity index (χ1v) is 6.97. The molecule has 1 unspecified atom stereocenters. The van der Waals surface area contributed by atoms with Crippen LogP contribution in [-0.4, -0.2) is 13.7 Å². The second-order valence-corrected chi connectivity index (χ2v) is 4.93. The summed E-state index contributed by atoms with van der Waals surface area (Å²) in [6, 6.07) is 9.89. The molecule has 0 amide bonds. The van der Waals surface area contributed by atoms with Crippen molar-refractivity contribution in [2.24, 2.45) is 5.84 Å². The van der Waals surface area contributed by atoms with Gasteiger partial charge in [0.1, 0.15) is 11.5 Å². The van der Waals surface area contributed by atoms with Crippen molar-refractivity contribution >= 4 is 11.3 Å². The van der Waals surface area contributed by atoms with Crippen LogP contribution in [0.4, 0.5) is 0 Å². The van der Waals surface area contributed by atoms with E-state index < -0.39 is 0 Å². The number of ether oxygens (including phenoxy) is 2. The van der Waals surface area contributed by atoms with Gasteiger partial charge >= 0.3 is 0 Å². The normalized spacial score (nSPS) is 12.2. The van der Waals surface area contributed by atoms with Crippen molar-refractivity contribution in [3.63, 3.8) is 0 Å². The van der Waals surface area contributed by atoms with Crippen molar-refractivity contribution in [2.75, 3.05) is 13.7 Å².